The molecule has 3 rings (SSSR count). The molecule has 214 valence electrons. The van der Waals surface area contributed by atoms with Gasteiger partial charge in [0.15, 0.2) is 0 Å². The fourth-order valence-corrected chi connectivity index (χ4v) is 6.19. The number of hydrogen-bond donors (Lipinski definition) is 1. The molecule has 2 amide bonds. The number of nitrogens with one attached hydrogen (secondary N) is 1. The Bertz CT molecular complexity index is 1440. The van der Waals surface area contributed by atoms with Gasteiger partial charge in [0.25, 0.3) is 10.0 Å². The molecule has 0 bridgehead atoms. The normalized spacial score (nSPS) is 11.9. The van der Waals surface area contributed by atoms with Crippen LogP contribution in [0, 0.1) is 0 Å². The average molecular weight is 625 g/mol. The fraction of sp³-hybridized carbons (Fsp3) is 0.286. The van der Waals surface area contributed by atoms with Crippen LogP contribution >= 0.6 is 35.0 Å². The summed E-state index contributed by atoms with van der Waals surface area (Å²) in [6, 6.07) is 16.8. The number of carbonyl (C=O) groups is 2. The van der Waals surface area contributed by atoms with Crippen molar-refractivity contribution in [1.29, 1.82) is 0 Å². The molecule has 3 aromatic rings. The van der Waals surface area contributed by atoms with Crippen LogP contribution in [0.25, 0.3) is 0 Å². The Labute approximate surface area is 249 Å². The predicted octanol–water partition coefficient (Wildman–Crippen LogP) is 5.47. The maximum Gasteiger partial charge on any atom is 0.264 e. The van der Waals surface area contributed by atoms with Gasteiger partial charge in [0.2, 0.25) is 11.8 Å². The Morgan fingerprint density at radius 3 is 2.23 bits per heavy atom. The molecule has 8 nitrogen and oxygen atoms in total. The van der Waals surface area contributed by atoms with Crippen LogP contribution < -0.4 is 14.4 Å². The van der Waals surface area contributed by atoms with Crippen molar-refractivity contribution in [2.75, 3.05) is 30.8 Å². The first-order valence-corrected chi connectivity index (χ1v) is 15.8. The van der Waals surface area contributed by atoms with E-state index in [0.29, 0.717) is 28.0 Å². The molecule has 0 unspecified atom stereocenters. The van der Waals surface area contributed by atoms with Crippen molar-refractivity contribution < 1.29 is 22.7 Å². The molecule has 12 heteroatoms. The number of anilines is 1. The lowest BCUT2D eigenvalue weighted by atomic mass is 10.1. The number of hydrogen-bond acceptors (Lipinski definition) is 6. The summed E-state index contributed by atoms with van der Waals surface area (Å²) in [6.45, 7) is 3.26. The van der Waals surface area contributed by atoms with Crippen LogP contribution in [0.4, 0.5) is 5.69 Å². The number of amides is 2. The lowest BCUT2D eigenvalue weighted by Gasteiger charge is -2.32. The van der Waals surface area contributed by atoms with Crippen LogP contribution in [0.15, 0.2) is 76.5 Å². The second-order valence-electron chi connectivity index (χ2n) is 8.66. The number of ether oxygens (including phenoxy) is 1. The lowest BCUT2D eigenvalue weighted by molar-refractivity contribution is -0.139. The third kappa shape index (κ3) is 7.63. The van der Waals surface area contributed by atoms with Crippen LogP contribution in [0.3, 0.4) is 0 Å². The third-order valence-corrected chi connectivity index (χ3v) is 9.25. The fourth-order valence-electron chi connectivity index (χ4n) is 3.90. The number of thioether (sulfide) groups is 1. The van der Waals surface area contributed by atoms with Crippen molar-refractivity contribution in [2.45, 2.75) is 36.2 Å². The minimum Gasteiger partial charge on any atom is -0.494 e. The number of rotatable bonds is 12. The minimum atomic E-state index is -4.18. The Kier molecular flexibility index (Phi) is 11.2. The largest absolute Gasteiger partial charge is 0.494 e. The van der Waals surface area contributed by atoms with Crippen LogP contribution in [-0.2, 0) is 26.2 Å². The second kappa shape index (κ2) is 14.1. The van der Waals surface area contributed by atoms with E-state index in [2.05, 4.69) is 5.32 Å². The molecule has 0 spiro atoms. The number of carbonyl (C=O) groups excluding carboxylic acids is 2. The summed E-state index contributed by atoms with van der Waals surface area (Å²) in [4.78, 5) is 28.7. The first-order valence-electron chi connectivity index (χ1n) is 12.4. The van der Waals surface area contributed by atoms with Gasteiger partial charge in [-0.2, -0.15) is 0 Å². The number of halogens is 2. The highest BCUT2D eigenvalue weighted by molar-refractivity contribution is 7.98. The van der Waals surface area contributed by atoms with E-state index in [0.717, 1.165) is 9.20 Å². The molecule has 0 saturated heterocycles. The van der Waals surface area contributed by atoms with Crippen molar-refractivity contribution in [2.24, 2.45) is 0 Å². The van der Waals surface area contributed by atoms with E-state index >= 15 is 0 Å². The SMILES string of the molecule is CCOc1ccc(N(CC(=O)N(Cc2ccc(Cl)cc2Cl)[C@@H](C)C(=O)NC)S(=O)(=O)c2ccc(SC)cc2)cc1. The number of nitrogens with zero attached hydrogens (tertiary/aromatic N) is 2. The molecule has 40 heavy (non-hydrogen) atoms. The number of benzene rings is 3. The first-order chi connectivity index (χ1) is 19.0. The zero-order valence-corrected chi connectivity index (χ0v) is 25.7. The Morgan fingerprint density at radius 2 is 1.68 bits per heavy atom. The lowest BCUT2D eigenvalue weighted by Crippen LogP contribution is -2.50. The van der Waals surface area contributed by atoms with Crippen molar-refractivity contribution in [3.8, 4) is 5.75 Å². The average Bonchev–Trinajstić information content (AvgIpc) is 2.95. The summed E-state index contributed by atoms with van der Waals surface area (Å²) >= 11 is 13.9. The minimum absolute atomic E-state index is 0.0265. The van der Waals surface area contributed by atoms with E-state index in [-0.39, 0.29) is 17.1 Å². The van der Waals surface area contributed by atoms with E-state index in [9.17, 15) is 18.0 Å². The van der Waals surface area contributed by atoms with Crippen LogP contribution in [-0.4, -0.2) is 57.6 Å². The standard InChI is InChI=1S/C28H31Cl2N3O5S2/c1-5-38-23-10-8-22(9-11-23)33(40(36,37)25-14-12-24(39-4)13-15-25)18-27(34)32(19(2)28(35)31-3)17-20-6-7-21(29)16-26(20)30/h6-16,19H,5,17-18H2,1-4H3,(H,31,35)/t19-/m0/s1. The summed E-state index contributed by atoms with van der Waals surface area (Å²) in [5, 5.41) is 3.29. The molecule has 0 aliphatic carbocycles. The van der Waals surface area contributed by atoms with Gasteiger partial charge in [-0.15, -0.1) is 11.8 Å². The maximum atomic E-state index is 13.9. The topological polar surface area (TPSA) is 96.0 Å². The van der Waals surface area contributed by atoms with Crippen molar-refractivity contribution in [1.82, 2.24) is 10.2 Å². The molecule has 1 atom stereocenters. The van der Waals surface area contributed by atoms with Gasteiger partial charge in [0.05, 0.1) is 17.2 Å². The van der Waals surface area contributed by atoms with E-state index in [1.165, 1.54) is 35.8 Å². The molecule has 0 aliphatic rings. The molecule has 0 radical (unpaired) electrons. The Hall–Kier alpha value is -2.92. The van der Waals surface area contributed by atoms with Crippen LogP contribution in [0.5, 0.6) is 5.75 Å². The van der Waals surface area contributed by atoms with Crippen LogP contribution in [0.1, 0.15) is 19.4 Å². The highest BCUT2D eigenvalue weighted by Gasteiger charge is 2.32. The Morgan fingerprint density at radius 1 is 1.02 bits per heavy atom. The summed E-state index contributed by atoms with van der Waals surface area (Å²) in [6.07, 6.45) is 1.89. The zero-order valence-electron chi connectivity index (χ0n) is 22.6. The molecule has 0 heterocycles. The smallest absolute Gasteiger partial charge is 0.264 e. The monoisotopic (exact) mass is 623 g/mol. The van der Waals surface area contributed by atoms with Gasteiger partial charge in [-0.1, -0.05) is 29.3 Å². The van der Waals surface area contributed by atoms with E-state index < -0.39 is 34.4 Å². The molecule has 0 aromatic heterocycles. The van der Waals surface area contributed by atoms with Crippen molar-refractivity contribution >= 4 is 62.5 Å². The van der Waals surface area contributed by atoms with Gasteiger partial charge in [0, 0.05) is 28.5 Å². The predicted molar refractivity (Wildman–Crippen MR) is 161 cm³/mol. The summed E-state index contributed by atoms with van der Waals surface area (Å²) in [5.74, 6) is -0.451. The molecule has 0 fully saturated rings. The van der Waals surface area contributed by atoms with E-state index in [1.807, 2.05) is 13.2 Å². The van der Waals surface area contributed by atoms with Crippen LogP contribution in [0.2, 0.25) is 10.0 Å². The summed E-state index contributed by atoms with van der Waals surface area (Å²) in [7, 11) is -2.72. The van der Waals surface area contributed by atoms with Gasteiger partial charge in [-0.25, -0.2) is 8.42 Å². The summed E-state index contributed by atoms with van der Waals surface area (Å²) in [5.41, 5.74) is 0.820. The van der Waals surface area contributed by atoms with Gasteiger partial charge >= 0.3 is 0 Å². The molecule has 0 aliphatic heterocycles. The molecular formula is C28H31Cl2N3O5S2. The highest BCUT2D eigenvalue weighted by Crippen LogP contribution is 2.28. The maximum absolute atomic E-state index is 13.9. The summed E-state index contributed by atoms with van der Waals surface area (Å²) < 4.78 is 34.4. The Balaban J connectivity index is 2.05. The third-order valence-electron chi connectivity index (χ3n) is 6.13. The molecule has 1 N–H and O–H groups in total. The van der Waals surface area contributed by atoms with Gasteiger partial charge < -0.3 is 15.0 Å². The van der Waals surface area contributed by atoms with E-state index in [1.54, 1.807) is 61.5 Å². The zero-order chi connectivity index (χ0) is 29.4. The molecule has 0 saturated carbocycles. The first kappa shape index (κ1) is 31.6. The van der Waals surface area contributed by atoms with Gasteiger partial charge in [-0.05, 0) is 86.3 Å². The van der Waals surface area contributed by atoms with Gasteiger partial charge in [-0.3, -0.25) is 13.9 Å². The molecular weight excluding hydrogens is 593 g/mol. The van der Waals surface area contributed by atoms with Gasteiger partial charge in [0.1, 0.15) is 18.3 Å². The highest BCUT2D eigenvalue weighted by atomic mass is 35.5. The number of likely N-dealkylation sites (N-methyl/N-ethyl adjacent to an activating group) is 1. The molecule has 3 aromatic carbocycles. The quantitative estimate of drug-likeness (QED) is 0.269. The second-order valence-corrected chi connectivity index (χ2v) is 12.2. The van der Waals surface area contributed by atoms with Crippen molar-refractivity contribution in [3.05, 3.63) is 82.3 Å². The number of sulfonamides is 1. The van der Waals surface area contributed by atoms with Crippen molar-refractivity contribution in [3.63, 3.8) is 0 Å². The van der Waals surface area contributed by atoms with E-state index in [4.69, 9.17) is 27.9 Å².